The van der Waals surface area contributed by atoms with Crippen LogP contribution in [0.4, 0.5) is 5.69 Å². The van der Waals surface area contributed by atoms with E-state index < -0.39 is 0 Å². The normalized spacial score (nSPS) is 10.2. The van der Waals surface area contributed by atoms with Gasteiger partial charge < -0.3 is 9.73 Å². The number of nitriles is 1. The van der Waals surface area contributed by atoms with Gasteiger partial charge >= 0.3 is 0 Å². The Morgan fingerprint density at radius 3 is 2.52 bits per heavy atom. The van der Waals surface area contributed by atoms with E-state index in [2.05, 4.69) is 5.32 Å². The highest BCUT2D eigenvalue weighted by atomic mass is 32.2. The molecule has 1 aromatic heterocycles. The molecule has 1 N–H and O–H groups in total. The molecular weight excluding hydrogens is 332 g/mol. The first-order valence-corrected chi connectivity index (χ1v) is 8.66. The van der Waals surface area contributed by atoms with Crippen molar-refractivity contribution in [2.45, 2.75) is 17.7 Å². The molecule has 0 saturated heterocycles. The van der Waals surface area contributed by atoms with Gasteiger partial charge in [0, 0.05) is 29.0 Å². The van der Waals surface area contributed by atoms with Crippen LogP contribution < -0.4 is 5.32 Å². The lowest BCUT2D eigenvalue weighted by Gasteiger charge is -2.05. The monoisotopic (exact) mass is 348 g/mol. The lowest BCUT2D eigenvalue weighted by Crippen LogP contribution is -2.12. The topological polar surface area (TPSA) is 66.0 Å². The Balaban J connectivity index is 1.52. The highest BCUT2D eigenvalue weighted by molar-refractivity contribution is 8.03. The summed E-state index contributed by atoms with van der Waals surface area (Å²) < 4.78 is 5.80. The Bertz CT molecular complexity index is 880. The number of carbonyl (C=O) groups is 1. The summed E-state index contributed by atoms with van der Waals surface area (Å²) in [4.78, 5) is 12.9. The Morgan fingerprint density at radius 1 is 1.04 bits per heavy atom. The van der Waals surface area contributed by atoms with Gasteiger partial charge in [0.05, 0.1) is 0 Å². The van der Waals surface area contributed by atoms with Crippen molar-refractivity contribution in [2.24, 2.45) is 0 Å². The molecule has 1 heterocycles. The smallest absolute Gasteiger partial charge is 0.224 e. The minimum absolute atomic E-state index is 0.0710. The number of nitrogens with one attached hydrogen (secondary N) is 1. The molecule has 0 aliphatic carbocycles. The van der Waals surface area contributed by atoms with Crippen molar-refractivity contribution in [1.82, 2.24) is 0 Å². The van der Waals surface area contributed by atoms with E-state index in [4.69, 9.17) is 9.68 Å². The van der Waals surface area contributed by atoms with Crippen LogP contribution in [0.5, 0.6) is 0 Å². The zero-order chi connectivity index (χ0) is 17.5. The molecule has 4 nitrogen and oxygen atoms in total. The summed E-state index contributed by atoms with van der Waals surface area (Å²) in [5, 5.41) is 13.5. The minimum Gasteiger partial charge on any atom is -0.461 e. The second-order valence-corrected chi connectivity index (χ2v) is 6.26. The van der Waals surface area contributed by atoms with Crippen LogP contribution in [0.25, 0.3) is 11.3 Å². The Kier molecular flexibility index (Phi) is 5.55. The maximum absolute atomic E-state index is 12.1. The molecule has 0 unspecified atom stereocenters. The number of furan rings is 1. The van der Waals surface area contributed by atoms with Crippen LogP contribution in [-0.4, -0.2) is 5.91 Å². The van der Waals surface area contributed by atoms with Gasteiger partial charge in [-0.1, -0.05) is 30.3 Å². The first kappa shape index (κ1) is 16.9. The number of amides is 1. The maximum Gasteiger partial charge on any atom is 0.224 e. The summed E-state index contributed by atoms with van der Waals surface area (Å²) in [6.07, 6.45) is 0.886. The number of aryl methyl sites for hydroxylation is 1. The highest BCUT2D eigenvalue weighted by Crippen LogP contribution is 2.23. The van der Waals surface area contributed by atoms with Gasteiger partial charge in [-0.05, 0) is 48.2 Å². The number of hydrogen-bond acceptors (Lipinski definition) is 4. The van der Waals surface area contributed by atoms with Crippen molar-refractivity contribution in [3.05, 3.63) is 72.5 Å². The molecule has 5 heteroatoms. The third-order valence-electron chi connectivity index (χ3n) is 3.62. The van der Waals surface area contributed by atoms with Gasteiger partial charge in [0.25, 0.3) is 0 Å². The molecule has 0 saturated carbocycles. The number of anilines is 1. The molecule has 0 radical (unpaired) electrons. The van der Waals surface area contributed by atoms with Gasteiger partial charge in [-0.15, -0.1) is 0 Å². The number of hydrogen-bond donors (Lipinski definition) is 1. The van der Waals surface area contributed by atoms with Gasteiger partial charge in [0.2, 0.25) is 5.91 Å². The van der Waals surface area contributed by atoms with Gasteiger partial charge in [0.1, 0.15) is 16.9 Å². The summed E-state index contributed by atoms with van der Waals surface area (Å²) >= 11 is 1.09. The summed E-state index contributed by atoms with van der Waals surface area (Å²) in [6.45, 7) is 0. The number of benzene rings is 2. The van der Waals surface area contributed by atoms with E-state index in [9.17, 15) is 4.79 Å². The van der Waals surface area contributed by atoms with Crippen LogP contribution in [-0.2, 0) is 11.2 Å². The molecular formula is C20H16N2O2S. The van der Waals surface area contributed by atoms with Crippen molar-refractivity contribution in [2.75, 3.05) is 5.32 Å². The fraction of sp³-hybridized carbons (Fsp3) is 0.100. The highest BCUT2D eigenvalue weighted by Gasteiger charge is 2.08. The Labute approximate surface area is 150 Å². The van der Waals surface area contributed by atoms with Gasteiger partial charge in [-0.25, -0.2) is 0 Å². The first-order chi connectivity index (χ1) is 12.2. The predicted octanol–water partition coefficient (Wildman–Crippen LogP) is 5.09. The molecule has 25 heavy (non-hydrogen) atoms. The van der Waals surface area contributed by atoms with Crippen LogP contribution in [0.1, 0.15) is 12.2 Å². The van der Waals surface area contributed by atoms with E-state index in [1.54, 1.807) is 12.1 Å². The van der Waals surface area contributed by atoms with Crippen LogP contribution in [0, 0.1) is 10.7 Å². The quantitative estimate of drug-likeness (QED) is 0.498. The number of rotatable bonds is 6. The molecule has 3 rings (SSSR count). The molecule has 1 amide bonds. The fourth-order valence-corrected chi connectivity index (χ4v) is 2.77. The Hall–Kier alpha value is -2.97. The third-order valence-corrected chi connectivity index (χ3v) is 4.22. The maximum atomic E-state index is 12.1. The van der Waals surface area contributed by atoms with E-state index in [1.165, 1.54) is 0 Å². The largest absolute Gasteiger partial charge is 0.461 e. The standard InChI is InChI=1S/C20H16N2O2S/c21-14-25-18-10-6-16(7-11-18)22-20(23)13-9-17-8-12-19(24-17)15-4-2-1-3-5-15/h1-8,10-12H,9,13H2,(H,22,23). The second kappa shape index (κ2) is 8.22. The van der Waals surface area contributed by atoms with Crippen molar-refractivity contribution in [3.8, 4) is 16.7 Å². The number of thiocyanates is 1. The van der Waals surface area contributed by atoms with E-state index >= 15 is 0 Å². The average Bonchev–Trinajstić information content (AvgIpc) is 3.12. The molecule has 0 fully saturated rings. The van der Waals surface area contributed by atoms with E-state index in [0.717, 1.165) is 39.4 Å². The zero-order valence-electron chi connectivity index (χ0n) is 13.4. The van der Waals surface area contributed by atoms with Crippen LogP contribution in [0.3, 0.4) is 0 Å². The summed E-state index contributed by atoms with van der Waals surface area (Å²) in [7, 11) is 0. The summed E-state index contributed by atoms with van der Waals surface area (Å²) in [5.74, 6) is 1.52. The van der Waals surface area contributed by atoms with Gasteiger partial charge in [-0.3, -0.25) is 4.79 Å². The number of nitrogens with zero attached hydrogens (tertiary/aromatic N) is 1. The van der Waals surface area contributed by atoms with Crippen LogP contribution in [0.2, 0.25) is 0 Å². The van der Waals surface area contributed by atoms with E-state index in [0.29, 0.717) is 12.8 Å². The van der Waals surface area contributed by atoms with Gasteiger partial charge in [0.15, 0.2) is 0 Å². The van der Waals surface area contributed by atoms with E-state index in [1.807, 2.05) is 60.0 Å². The zero-order valence-corrected chi connectivity index (χ0v) is 14.3. The molecule has 0 bridgehead atoms. The third kappa shape index (κ3) is 4.75. The SMILES string of the molecule is N#CSc1ccc(NC(=O)CCc2ccc(-c3ccccc3)o2)cc1. The lowest BCUT2D eigenvalue weighted by atomic mass is 10.2. The molecule has 3 aromatic rings. The molecule has 0 atom stereocenters. The fourth-order valence-electron chi connectivity index (χ4n) is 2.39. The predicted molar refractivity (Wildman–Crippen MR) is 99.0 cm³/mol. The molecule has 2 aromatic carbocycles. The van der Waals surface area contributed by atoms with Crippen LogP contribution >= 0.6 is 11.8 Å². The van der Waals surface area contributed by atoms with Crippen molar-refractivity contribution in [1.29, 1.82) is 5.26 Å². The summed E-state index contributed by atoms with van der Waals surface area (Å²) in [6, 6.07) is 20.9. The molecule has 0 aliphatic heterocycles. The van der Waals surface area contributed by atoms with Crippen molar-refractivity contribution in [3.63, 3.8) is 0 Å². The van der Waals surface area contributed by atoms with E-state index in [-0.39, 0.29) is 5.91 Å². The lowest BCUT2D eigenvalue weighted by molar-refractivity contribution is -0.116. The number of thioether (sulfide) groups is 1. The minimum atomic E-state index is -0.0710. The number of carbonyl (C=O) groups excluding carboxylic acids is 1. The summed E-state index contributed by atoms with van der Waals surface area (Å²) in [5.41, 5.74) is 1.74. The van der Waals surface area contributed by atoms with Gasteiger partial charge in [-0.2, -0.15) is 5.26 Å². The van der Waals surface area contributed by atoms with Crippen LogP contribution in [0.15, 0.2) is 76.0 Å². The second-order valence-electron chi connectivity index (χ2n) is 5.40. The Morgan fingerprint density at radius 2 is 1.80 bits per heavy atom. The average molecular weight is 348 g/mol. The van der Waals surface area contributed by atoms with Crippen molar-refractivity contribution >= 4 is 23.4 Å². The molecule has 0 spiro atoms. The van der Waals surface area contributed by atoms with Crippen molar-refractivity contribution < 1.29 is 9.21 Å². The molecule has 0 aliphatic rings. The molecule has 124 valence electrons. The first-order valence-electron chi connectivity index (χ1n) is 7.84.